The van der Waals surface area contributed by atoms with Gasteiger partial charge in [0.1, 0.15) is 17.7 Å². The van der Waals surface area contributed by atoms with E-state index < -0.39 is 35.1 Å². The number of halogens is 2. The number of piperidine rings is 1. The highest BCUT2D eigenvalue weighted by Gasteiger charge is 2.33. The number of amides is 1. The van der Waals surface area contributed by atoms with Crippen LogP contribution in [0.15, 0.2) is 18.2 Å². The molecule has 0 radical (unpaired) electrons. The normalized spacial score (nSPS) is 19.3. The summed E-state index contributed by atoms with van der Waals surface area (Å²) in [5, 5.41) is 9.07. The van der Waals surface area contributed by atoms with Crippen LogP contribution in [-0.4, -0.2) is 34.5 Å². The van der Waals surface area contributed by atoms with Crippen LogP contribution in [0.3, 0.4) is 0 Å². The van der Waals surface area contributed by atoms with Gasteiger partial charge in [0, 0.05) is 6.54 Å². The van der Waals surface area contributed by atoms with Gasteiger partial charge in [-0.25, -0.2) is 13.6 Å². The number of carboxylic acid groups (broad SMARTS) is 1. The quantitative estimate of drug-likeness (QED) is 0.893. The smallest absolute Gasteiger partial charge is 0.326 e. The van der Waals surface area contributed by atoms with Gasteiger partial charge in [-0.1, -0.05) is 0 Å². The molecular weight excluding hydrogens is 256 g/mol. The van der Waals surface area contributed by atoms with E-state index >= 15 is 0 Å². The van der Waals surface area contributed by atoms with Crippen molar-refractivity contribution < 1.29 is 23.5 Å². The number of hydrogen-bond donors (Lipinski definition) is 1. The van der Waals surface area contributed by atoms with Crippen molar-refractivity contribution in [1.82, 2.24) is 4.90 Å². The summed E-state index contributed by atoms with van der Waals surface area (Å²) in [5.74, 6) is -3.47. The van der Waals surface area contributed by atoms with E-state index in [1.165, 1.54) is 0 Å². The number of carbonyl (C=O) groups is 2. The monoisotopic (exact) mass is 269 g/mol. The molecule has 6 heteroatoms. The van der Waals surface area contributed by atoms with Crippen LogP contribution in [0.2, 0.25) is 0 Å². The SMILES string of the molecule is O=C(O)C1CCCCN1C(=O)c1cc(F)ccc1F. The van der Waals surface area contributed by atoms with Gasteiger partial charge in [0.15, 0.2) is 0 Å². The van der Waals surface area contributed by atoms with E-state index in [-0.39, 0.29) is 6.54 Å². The first-order valence-corrected chi connectivity index (χ1v) is 5.99. The number of hydrogen-bond acceptors (Lipinski definition) is 2. The molecule has 0 aliphatic carbocycles. The van der Waals surface area contributed by atoms with E-state index in [9.17, 15) is 18.4 Å². The Morgan fingerprint density at radius 1 is 1.26 bits per heavy atom. The molecule has 1 N–H and O–H groups in total. The molecule has 1 unspecified atom stereocenters. The zero-order valence-electron chi connectivity index (χ0n) is 10.1. The molecule has 1 aromatic carbocycles. The molecule has 1 aliphatic rings. The van der Waals surface area contributed by atoms with Crippen LogP contribution in [0.25, 0.3) is 0 Å². The highest BCUT2D eigenvalue weighted by Crippen LogP contribution is 2.21. The summed E-state index contributed by atoms with van der Waals surface area (Å²) in [6.45, 7) is 0.242. The Balaban J connectivity index is 2.31. The second-order valence-electron chi connectivity index (χ2n) is 4.47. The maximum atomic E-state index is 13.5. The Morgan fingerprint density at radius 3 is 2.68 bits per heavy atom. The van der Waals surface area contributed by atoms with Crippen LogP contribution < -0.4 is 0 Å². The minimum atomic E-state index is -1.12. The average molecular weight is 269 g/mol. The van der Waals surface area contributed by atoms with Crippen molar-refractivity contribution in [3.05, 3.63) is 35.4 Å². The third-order valence-corrected chi connectivity index (χ3v) is 3.21. The molecule has 19 heavy (non-hydrogen) atoms. The molecule has 0 aromatic heterocycles. The summed E-state index contributed by atoms with van der Waals surface area (Å²) < 4.78 is 26.6. The minimum absolute atomic E-state index is 0.242. The molecule has 1 aliphatic heterocycles. The highest BCUT2D eigenvalue weighted by atomic mass is 19.1. The lowest BCUT2D eigenvalue weighted by molar-refractivity contribution is -0.143. The number of likely N-dealkylation sites (tertiary alicyclic amines) is 1. The Morgan fingerprint density at radius 2 is 2.00 bits per heavy atom. The maximum absolute atomic E-state index is 13.5. The maximum Gasteiger partial charge on any atom is 0.326 e. The average Bonchev–Trinajstić information content (AvgIpc) is 2.40. The molecule has 1 amide bonds. The van der Waals surface area contributed by atoms with Gasteiger partial charge >= 0.3 is 5.97 Å². The summed E-state index contributed by atoms with van der Waals surface area (Å²) in [7, 11) is 0. The Hall–Kier alpha value is -1.98. The van der Waals surface area contributed by atoms with Crippen LogP contribution in [0.5, 0.6) is 0 Å². The minimum Gasteiger partial charge on any atom is -0.480 e. The molecule has 102 valence electrons. The van der Waals surface area contributed by atoms with Gasteiger partial charge in [0.25, 0.3) is 5.91 Å². The first-order valence-electron chi connectivity index (χ1n) is 5.99. The summed E-state index contributed by atoms with van der Waals surface area (Å²) in [5.41, 5.74) is -0.423. The van der Waals surface area contributed by atoms with Gasteiger partial charge in [-0.15, -0.1) is 0 Å². The molecule has 0 saturated carbocycles. The van der Waals surface area contributed by atoms with Gasteiger partial charge in [0.2, 0.25) is 0 Å². The lowest BCUT2D eigenvalue weighted by atomic mass is 10.0. The Bertz CT molecular complexity index is 519. The molecule has 1 atom stereocenters. The van der Waals surface area contributed by atoms with E-state index in [4.69, 9.17) is 5.11 Å². The number of nitrogens with zero attached hydrogens (tertiary/aromatic N) is 1. The van der Waals surface area contributed by atoms with Gasteiger partial charge in [0.05, 0.1) is 5.56 Å². The van der Waals surface area contributed by atoms with Crippen molar-refractivity contribution in [1.29, 1.82) is 0 Å². The fraction of sp³-hybridized carbons (Fsp3) is 0.385. The molecular formula is C13H13F2NO3. The van der Waals surface area contributed by atoms with Crippen molar-refractivity contribution in [2.24, 2.45) is 0 Å². The van der Waals surface area contributed by atoms with Gasteiger partial charge in [-0.05, 0) is 37.5 Å². The zero-order valence-corrected chi connectivity index (χ0v) is 10.1. The largest absolute Gasteiger partial charge is 0.480 e. The number of benzene rings is 1. The molecule has 0 spiro atoms. The summed E-state index contributed by atoms with van der Waals surface area (Å²) in [6, 6.07) is 1.61. The molecule has 1 fully saturated rings. The fourth-order valence-electron chi connectivity index (χ4n) is 2.25. The predicted octanol–water partition coefficient (Wildman–Crippen LogP) is 2.04. The standard InChI is InChI=1S/C13H13F2NO3/c14-8-4-5-10(15)9(7-8)12(17)16-6-2-1-3-11(16)13(18)19/h4-5,7,11H,1-3,6H2,(H,18,19). The third kappa shape index (κ3) is 2.72. The lowest BCUT2D eigenvalue weighted by Gasteiger charge is -2.33. The predicted molar refractivity (Wildman–Crippen MR) is 62.7 cm³/mol. The van der Waals surface area contributed by atoms with Gasteiger partial charge in [-0.2, -0.15) is 0 Å². The van der Waals surface area contributed by atoms with Crippen LogP contribution >= 0.6 is 0 Å². The van der Waals surface area contributed by atoms with E-state index in [0.29, 0.717) is 19.3 Å². The summed E-state index contributed by atoms with van der Waals surface area (Å²) in [4.78, 5) is 24.3. The molecule has 1 saturated heterocycles. The first kappa shape index (κ1) is 13.5. The lowest BCUT2D eigenvalue weighted by Crippen LogP contribution is -2.48. The molecule has 4 nitrogen and oxygen atoms in total. The van der Waals surface area contributed by atoms with Crippen molar-refractivity contribution in [3.8, 4) is 0 Å². The van der Waals surface area contributed by atoms with Crippen molar-refractivity contribution >= 4 is 11.9 Å². The zero-order chi connectivity index (χ0) is 14.0. The molecule has 1 aromatic rings. The van der Waals surface area contributed by atoms with Crippen LogP contribution in [0.1, 0.15) is 29.6 Å². The first-order chi connectivity index (χ1) is 9.00. The van der Waals surface area contributed by atoms with Crippen molar-refractivity contribution in [3.63, 3.8) is 0 Å². The van der Waals surface area contributed by atoms with E-state index in [1.807, 2.05) is 0 Å². The van der Waals surface area contributed by atoms with Crippen LogP contribution in [-0.2, 0) is 4.79 Å². The number of rotatable bonds is 2. The van der Waals surface area contributed by atoms with E-state index in [2.05, 4.69) is 0 Å². The molecule has 1 heterocycles. The fourth-order valence-corrected chi connectivity index (χ4v) is 2.25. The number of aliphatic carboxylic acids is 1. The Kier molecular flexibility index (Phi) is 3.78. The number of carboxylic acids is 1. The van der Waals surface area contributed by atoms with E-state index in [0.717, 1.165) is 23.1 Å². The van der Waals surface area contributed by atoms with Gasteiger partial charge in [-0.3, -0.25) is 4.79 Å². The highest BCUT2D eigenvalue weighted by molar-refractivity contribution is 5.97. The Labute approximate surface area is 108 Å². The van der Waals surface area contributed by atoms with Crippen LogP contribution in [0.4, 0.5) is 8.78 Å². The summed E-state index contributed by atoms with van der Waals surface area (Å²) >= 11 is 0. The molecule has 0 bridgehead atoms. The topological polar surface area (TPSA) is 57.6 Å². The second-order valence-corrected chi connectivity index (χ2v) is 4.47. The van der Waals surface area contributed by atoms with Crippen molar-refractivity contribution in [2.45, 2.75) is 25.3 Å². The summed E-state index contributed by atoms with van der Waals surface area (Å²) in [6.07, 6.45) is 1.69. The molecule has 2 rings (SSSR count). The number of carbonyl (C=O) groups excluding carboxylic acids is 1. The van der Waals surface area contributed by atoms with Gasteiger partial charge < -0.3 is 10.0 Å². The second kappa shape index (κ2) is 5.34. The van der Waals surface area contributed by atoms with Crippen LogP contribution in [0, 0.1) is 11.6 Å². The van der Waals surface area contributed by atoms with Crippen molar-refractivity contribution in [2.75, 3.05) is 6.54 Å². The van der Waals surface area contributed by atoms with E-state index in [1.54, 1.807) is 0 Å². The third-order valence-electron chi connectivity index (χ3n) is 3.21.